The lowest BCUT2D eigenvalue weighted by atomic mass is 10.1. The van der Waals surface area contributed by atoms with Crippen molar-refractivity contribution in [1.29, 1.82) is 0 Å². The molecule has 23 heavy (non-hydrogen) atoms. The number of hydrogen-bond donors (Lipinski definition) is 2. The molecule has 1 atom stereocenters. The van der Waals surface area contributed by atoms with Crippen LogP contribution in [0.15, 0.2) is 29.5 Å². The molecule has 2 rings (SSSR count). The third-order valence-corrected chi connectivity index (χ3v) is 3.47. The first-order valence-corrected chi connectivity index (χ1v) is 7.33. The van der Waals surface area contributed by atoms with Crippen LogP contribution < -0.4 is 24.4 Å². The predicted molar refractivity (Wildman–Crippen MR) is 86.5 cm³/mol. The minimum absolute atomic E-state index is 0.176. The summed E-state index contributed by atoms with van der Waals surface area (Å²) in [5.41, 5.74) is 0.467. The first-order chi connectivity index (χ1) is 11.2. The monoisotopic (exact) mass is 320 g/mol. The van der Waals surface area contributed by atoms with Crippen LogP contribution in [0.4, 0.5) is 0 Å². The van der Waals surface area contributed by atoms with Crippen LogP contribution in [0.25, 0.3) is 0 Å². The average Bonchev–Trinajstić information content (AvgIpc) is 3.10. The van der Waals surface area contributed by atoms with Gasteiger partial charge in [-0.2, -0.15) is 0 Å². The summed E-state index contributed by atoms with van der Waals surface area (Å²) < 4.78 is 15.7. The number of amides is 1. The zero-order valence-corrected chi connectivity index (χ0v) is 13.6. The molecule has 0 bridgehead atoms. The van der Waals surface area contributed by atoms with Crippen LogP contribution in [-0.2, 0) is 0 Å². The summed E-state index contributed by atoms with van der Waals surface area (Å²) in [6, 6.07) is 3.27. The zero-order valence-electron chi connectivity index (χ0n) is 13.6. The van der Waals surface area contributed by atoms with Crippen LogP contribution in [0.1, 0.15) is 16.8 Å². The van der Waals surface area contributed by atoms with Crippen molar-refractivity contribution in [2.24, 2.45) is 4.99 Å². The van der Waals surface area contributed by atoms with Gasteiger partial charge in [0.05, 0.1) is 34.1 Å². The summed E-state index contributed by atoms with van der Waals surface area (Å²) in [4.78, 5) is 17.5. The van der Waals surface area contributed by atoms with Crippen molar-refractivity contribution in [3.8, 4) is 17.2 Å². The molecule has 0 fully saturated rings. The molecule has 0 aromatic heterocycles. The van der Waals surface area contributed by atoms with Gasteiger partial charge in [0.2, 0.25) is 5.75 Å². The number of rotatable bonds is 8. The van der Waals surface area contributed by atoms with Gasteiger partial charge in [0.15, 0.2) is 17.8 Å². The standard InChI is InChI=1S/C16H21N3O4/c1-21-13-9-12(10-14(22-2)15(13)23-3)16(20)18-5-4-7-19-8-6-17-11-19/h6,8-11H,4-5,7H2,1-3H3,(H,18,20)/p+1. The summed E-state index contributed by atoms with van der Waals surface area (Å²) in [6.45, 7) is 1.47. The van der Waals surface area contributed by atoms with Gasteiger partial charge in [-0.3, -0.25) is 9.69 Å². The number of hydrogen-bond acceptors (Lipinski definition) is 5. The van der Waals surface area contributed by atoms with Gasteiger partial charge in [-0.05, 0) is 12.1 Å². The van der Waals surface area contributed by atoms with Crippen molar-refractivity contribution in [2.45, 2.75) is 6.42 Å². The number of benzene rings is 1. The molecule has 1 aromatic carbocycles. The van der Waals surface area contributed by atoms with Gasteiger partial charge in [-0.1, -0.05) is 0 Å². The Morgan fingerprint density at radius 2 is 1.87 bits per heavy atom. The molecule has 1 aliphatic heterocycles. The van der Waals surface area contributed by atoms with Gasteiger partial charge in [0.25, 0.3) is 5.91 Å². The lowest BCUT2D eigenvalue weighted by molar-refractivity contribution is -0.736. The largest absolute Gasteiger partial charge is 0.493 e. The normalized spacial score (nSPS) is 15.5. The third-order valence-electron chi connectivity index (χ3n) is 3.47. The van der Waals surface area contributed by atoms with Crippen LogP contribution in [0.3, 0.4) is 0 Å². The van der Waals surface area contributed by atoms with E-state index in [-0.39, 0.29) is 5.91 Å². The fourth-order valence-electron chi connectivity index (χ4n) is 2.28. The second-order valence-electron chi connectivity index (χ2n) is 4.94. The number of ether oxygens (including phenoxy) is 3. The molecular weight excluding hydrogens is 298 g/mol. The van der Waals surface area contributed by atoms with Crippen molar-refractivity contribution in [3.63, 3.8) is 0 Å². The van der Waals surface area contributed by atoms with Gasteiger partial charge >= 0.3 is 0 Å². The Morgan fingerprint density at radius 3 is 2.39 bits per heavy atom. The summed E-state index contributed by atoms with van der Waals surface area (Å²) in [6.07, 6.45) is 6.42. The first kappa shape index (κ1) is 16.8. The quantitative estimate of drug-likeness (QED) is 0.673. The van der Waals surface area contributed by atoms with Crippen LogP contribution in [0, 0.1) is 0 Å². The Bertz CT molecular complexity index is 576. The van der Waals surface area contributed by atoms with E-state index < -0.39 is 0 Å². The Hall–Kier alpha value is -2.54. The molecule has 124 valence electrons. The topological polar surface area (TPSA) is 73.6 Å². The van der Waals surface area contributed by atoms with E-state index in [1.807, 2.05) is 12.5 Å². The number of quaternary nitrogens is 1. The molecule has 7 heteroatoms. The smallest absolute Gasteiger partial charge is 0.251 e. The molecule has 1 aromatic rings. The Labute approximate surface area is 135 Å². The second-order valence-corrected chi connectivity index (χ2v) is 4.94. The van der Waals surface area contributed by atoms with Crippen molar-refractivity contribution in [1.82, 2.24) is 5.32 Å². The van der Waals surface area contributed by atoms with E-state index in [1.165, 1.54) is 26.2 Å². The van der Waals surface area contributed by atoms with Crippen molar-refractivity contribution in [3.05, 3.63) is 30.1 Å². The van der Waals surface area contributed by atoms with Crippen LogP contribution in [-0.4, -0.2) is 46.7 Å². The minimum atomic E-state index is -0.176. The van der Waals surface area contributed by atoms with Gasteiger partial charge in [-0.15, -0.1) is 0 Å². The van der Waals surface area contributed by atoms with E-state index in [2.05, 4.69) is 10.3 Å². The number of carbonyl (C=O) groups is 1. The maximum absolute atomic E-state index is 12.3. The number of aliphatic imine (C=N–C) groups is 1. The van der Waals surface area contributed by atoms with Gasteiger partial charge in [0, 0.05) is 18.5 Å². The Morgan fingerprint density at radius 1 is 1.17 bits per heavy atom. The van der Waals surface area contributed by atoms with Crippen molar-refractivity contribution < 1.29 is 23.9 Å². The molecule has 0 spiro atoms. The minimum Gasteiger partial charge on any atom is -0.493 e. The lowest BCUT2D eigenvalue weighted by Crippen LogP contribution is -3.05. The van der Waals surface area contributed by atoms with Gasteiger partial charge < -0.3 is 19.5 Å². The molecule has 7 nitrogen and oxygen atoms in total. The molecule has 0 saturated carbocycles. The maximum Gasteiger partial charge on any atom is 0.251 e. The Kier molecular flexibility index (Phi) is 5.99. The fraction of sp³-hybridized carbons (Fsp3) is 0.375. The predicted octanol–water partition coefficient (Wildman–Crippen LogP) is 0.230. The molecule has 0 radical (unpaired) electrons. The van der Waals surface area contributed by atoms with Crippen LogP contribution >= 0.6 is 0 Å². The van der Waals surface area contributed by atoms with E-state index in [4.69, 9.17) is 14.2 Å². The summed E-state index contributed by atoms with van der Waals surface area (Å²) in [5.74, 6) is 1.21. The average molecular weight is 320 g/mol. The molecule has 1 heterocycles. The maximum atomic E-state index is 12.3. The third kappa shape index (κ3) is 4.23. The number of nitrogens with one attached hydrogen (secondary N) is 2. The SMILES string of the molecule is COc1cc(C(=O)NCCC[NH+]2C=CN=C2)cc(OC)c1OC. The molecular formula is C16H22N3O4+. The molecule has 0 aliphatic carbocycles. The van der Waals surface area contributed by atoms with E-state index >= 15 is 0 Å². The van der Waals surface area contributed by atoms with E-state index in [9.17, 15) is 4.79 Å². The summed E-state index contributed by atoms with van der Waals surface area (Å²) in [7, 11) is 4.57. The van der Waals surface area contributed by atoms with Crippen LogP contribution in [0.5, 0.6) is 17.2 Å². The summed E-state index contributed by atoms with van der Waals surface area (Å²) >= 11 is 0. The van der Waals surface area contributed by atoms with E-state index in [1.54, 1.807) is 18.3 Å². The lowest BCUT2D eigenvalue weighted by Gasteiger charge is -2.14. The first-order valence-electron chi connectivity index (χ1n) is 7.33. The Balaban J connectivity index is 1.95. The second kappa shape index (κ2) is 8.19. The highest BCUT2D eigenvalue weighted by atomic mass is 16.5. The number of methoxy groups -OCH3 is 3. The van der Waals surface area contributed by atoms with Gasteiger partial charge in [-0.25, -0.2) is 4.99 Å². The highest BCUT2D eigenvalue weighted by Crippen LogP contribution is 2.38. The molecule has 2 N–H and O–H groups in total. The van der Waals surface area contributed by atoms with Gasteiger partial charge in [0.1, 0.15) is 6.20 Å². The van der Waals surface area contributed by atoms with Crippen LogP contribution in [0.2, 0.25) is 0 Å². The zero-order chi connectivity index (χ0) is 16.7. The molecule has 0 saturated heterocycles. The molecule has 1 aliphatic rings. The van der Waals surface area contributed by atoms with Crippen molar-refractivity contribution >= 4 is 12.2 Å². The highest BCUT2D eigenvalue weighted by Gasteiger charge is 2.16. The van der Waals surface area contributed by atoms with E-state index in [0.29, 0.717) is 29.4 Å². The highest BCUT2D eigenvalue weighted by molar-refractivity contribution is 5.95. The molecule has 1 amide bonds. The number of nitrogens with zero attached hydrogens (tertiary/aromatic N) is 1. The summed E-state index contributed by atoms with van der Waals surface area (Å²) in [5, 5.41) is 2.89. The number of carbonyl (C=O) groups excluding carboxylic acids is 1. The van der Waals surface area contributed by atoms with E-state index in [0.717, 1.165) is 13.0 Å². The fourth-order valence-corrected chi connectivity index (χ4v) is 2.28. The molecule has 1 unspecified atom stereocenters. The van der Waals surface area contributed by atoms with Crippen molar-refractivity contribution in [2.75, 3.05) is 34.4 Å².